The van der Waals surface area contributed by atoms with Gasteiger partial charge < -0.3 is 26.4 Å². The summed E-state index contributed by atoms with van der Waals surface area (Å²) in [6, 6.07) is 8.84. The minimum Gasteiger partial charge on any atom is -0.508 e. The molecule has 0 spiro atoms. The molecule has 0 saturated heterocycles. The number of carboxylic acid groups (broad SMARTS) is 1. The van der Waals surface area contributed by atoms with Gasteiger partial charge in [-0.25, -0.2) is 4.79 Å². The van der Waals surface area contributed by atoms with Gasteiger partial charge in [-0.05, 0) is 35.4 Å². The van der Waals surface area contributed by atoms with Crippen molar-refractivity contribution in [2.75, 3.05) is 0 Å². The van der Waals surface area contributed by atoms with Gasteiger partial charge in [0.1, 0.15) is 17.5 Å². The second-order valence-corrected chi connectivity index (χ2v) is 4.94. The van der Waals surface area contributed by atoms with Gasteiger partial charge in [0.2, 0.25) is 5.91 Å². The molecular formula is C16H16N2O5. The van der Waals surface area contributed by atoms with Crippen LogP contribution in [-0.4, -0.2) is 27.2 Å². The van der Waals surface area contributed by atoms with Gasteiger partial charge in [0.05, 0.1) is 0 Å². The van der Waals surface area contributed by atoms with Crippen molar-refractivity contribution in [2.45, 2.75) is 12.1 Å². The SMILES string of the molecule is NC(C(=O)NC(C(=O)O)c1ccc(O)cc1)c1ccc(O)cc1. The monoisotopic (exact) mass is 316 g/mol. The second kappa shape index (κ2) is 6.80. The first-order chi connectivity index (χ1) is 10.9. The van der Waals surface area contributed by atoms with Gasteiger partial charge in [-0.2, -0.15) is 0 Å². The number of nitrogens with two attached hydrogens (primary N) is 1. The van der Waals surface area contributed by atoms with Crippen LogP contribution in [0, 0.1) is 0 Å². The van der Waals surface area contributed by atoms with Crippen LogP contribution >= 0.6 is 0 Å². The molecule has 0 aliphatic heterocycles. The van der Waals surface area contributed by atoms with Crippen molar-refractivity contribution in [1.82, 2.24) is 5.32 Å². The maximum atomic E-state index is 12.2. The summed E-state index contributed by atoms with van der Waals surface area (Å²) in [6.45, 7) is 0. The van der Waals surface area contributed by atoms with Crippen molar-refractivity contribution < 1.29 is 24.9 Å². The van der Waals surface area contributed by atoms with Crippen molar-refractivity contribution in [1.29, 1.82) is 0 Å². The normalized spacial score (nSPS) is 13.1. The van der Waals surface area contributed by atoms with E-state index in [0.717, 1.165) is 0 Å². The highest BCUT2D eigenvalue weighted by molar-refractivity contribution is 5.88. The zero-order valence-corrected chi connectivity index (χ0v) is 12.0. The van der Waals surface area contributed by atoms with Crippen molar-refractivity contribution in [2.24, 2.45) is 5.73 Å². The smallest absolute Gasteiger partial charge is 0.330 e. The van der Waals surface area contributed by atoms with Crippen LogP contribution < -0.4 is 11.1 Å². The number of carboxylic acids is 1. The summed E-state index contributed by atoms with van der Waals surface area (Å²) in [5.41, 5.74) is 6.56. The van der Waals surface area contributed by atoms with Gasteiger partial charge >= 0.3 is 5.97 Å². The molecule has 2 aromatic rings. The summed E-state index contributed by atoms with van der Waals surface area (Å²) in [7, 11) is 0. The number of rotatable bonds is 5. The van der Waals surface area contributed by atoms with Gasteiger partial charge in [-0.3, -0.25) is 4.79 Å². The molecule has 6 N–H and O–H groups in total. The van der Waals surface area contributed by atoms with Crippen LogP contribution in [0.25, 0.3) is 0 Å². The van der Waals surface area contributed by atoms with Crippen LogP contribution in [0.4, 0.5) is 0 Å². The van der Waals surface area contributed by atoms with Gasteiger partial charge in [0, 0.05) is 0 Å². The zero-order chi connectivity index (χ0) is 17.0. The Labute approximate surface area is 132 Å². The van der Waals surface area contributed by atoms with Crippen LogP contribution in [0.15, 0.2) is 48.5 Å². The Morgan fingerprint density at radius 1 is 0.870 bits per heavy atom. The largest absolute Gasteiger partial charge is 0.508 e. The van der Waals surface area contributed by atoms with Crippen LogP contribution in [0.5, 0.6) is 11.5 Å². The van der Waals surface area contributed by atoms with E-state index < -0.39 is 24.0 Å². The number of phenols is 2. The van der Waals surface area contributed by atoms with E-state index in [1.54, 1.807) is 0 Å². The molecule has 0 aromatic heterocycles. The molecule has 2 aromatic carbocycles. The molecule has 7 heteroatoms. The number of aromatic hydroxyl groups is 2. The number of carbonyl (C=O) groups is 2. The lowest BCUT2D eigenvalue weighted by Gasteiger charge is -2.18. The first kappa shape index (κ1) is 16.3. The highest BCUT2D eigenvalue weighted by atomic mass is 16.4. The molecule has 0 bridgehead atoms. The molecule has 2 rings (SSSR count). The summed E-state index contributed by atoms with van der Waals surface area (Å²) in [6.07, 6.45) is 0. The first-order valence-corrected chi connectivity index (χ1v) is 6.75. The fourth-order valence-electron chi connectivity index (χ4n) is 2.02. The highest BCUT2D eigenvalue weighted by Gasteiger charge is 2.25. The molecule has 0 aliphatic carbocycles. The predicted molar refractivity (Wildman–Crippen MR) is 81.7 cm³/mol. The molecule has 2 atom stereocenters. The Bertz CT molecular complexity index is 697. The minimum atomic E-state index is -1.29. The minimum absolute atomic E-state index is 0.00925. The molecule has 0 fully saturated rings. The van der Waals surface area contributed by atoms with Crippen molar-refractivity contribution in [3.8, 4) is 11.5 Å². The van der Waals surface area contributed by atoms with Crippen LogP contribution in [0.2, 0.25) is 0 Å². The van der Waals surface area contributed by atoms with E-state index >= 15 is 0 Å². The van der Waals surface area contributed by atoms with Crippen LogP contribution in [0.3, 0.4) is 0 Å². The molecule has 7 nitrogen and oxygen atoms in total. The van der Waals surface area contributed by atoms with E-state index in [2.05, 4.69) is 5.32 Å². The average molecular weight is 316 g/mol. The number of hydrogen-bond donors (Lipinski definition) is 5. The molecule has 23 heavy (non-hydrogen) atoms. The first-order valence-electron chi connectivity index (χ1n) is 6.75. The van der Waals surface area contributed by atoms with E-state index in [1.807, 2.05) is 0 Å². The summed E-state index contributed by atoms with van der Waals surface area (Å²) >= 11 is 0. The number of phenolic OH excluding ortho intramolecular Hbond substituents is 2. The zero-order valence-electron chi connectivity index (χ0n) is 12.0. The molecule has 2 unspecified atom stereocenters. The molecule has 0 aliphatic rings. The number of carbonyl (C=O) groups excluding carboxylic acids is 1. The van der Waals surface area contributed by atoms with E-state index in [9.17, 15) is 24.9 Å². The molecular weight excluding hydrogens is 300 g/mol. The van der Waals surface area contributed by atoms with Crippen LogP contribution in [0.1, 0.15) is 23.2 Å². The topological polar surface area (TPSA) is 133 Å². The van der Waals surface area contributed by atoms with Crippen molar-refractivity contribution in [3.63, 3.8) is 0 Å². The fourth-order valence-corrected chi connectivity index (χ4v) is 2.02. The highest BCUT2D eigenvalue weighted by Crippen LogP contribution is 2.20. The maximum absolute atomic E-state index is 12.2. The number of hydrogen-bond acceptors (Lipinski definition) is 5. The van der Waals surface area contributed by atoms with E-state index in [4.69, 9.17) is 5.73 Å². The van der Waals surface area contributed by atoms with E-state index in [1.165, 1.54) is 48.5 Å². The quantitative estimate of drug-likeness (QED) is 0.560. The Kier molecular flexibility index (Phi) is 4.82. The number of benzene rings is 2. The number of nitrogens with one attached hydrogen (secondary N) is 1. The van der Waals surface area contributed by atoms with Crippen LogP contribution in [-0.2, 0) is 9.59 Å². The second-order valence-electron chi connectivity index (χ2n) is 4.94. The van der Waals surface area contributed by atoms with Crippen molar-refractivity contribution in [3.05, 3.63) is 59.7 Å². The molecule has 0 saturated carbocycles. The third-order valence-corrected chi connectivity index (χ3v) is 3.29. The lowest BCUT2D eigenvalue weighted by atomic mass is 10.0. The van der Waals surface area contributed by atoms with Gasteiger partial charge in [-0.15, -0.1) is 0 Å². The molecule has 0 radical (unpaired) electrons. The molecule has 0 heterocycles. The lowest BCUT2D eigenvalue weighted by molar-refractivity contribution is -0.142. The summed E-state index contributed by atoms with van der Waals surface area (Å²) in [5.74, 6) is -1.89. The predicted octanol–water partition coefficient (Wildman–Crippen LogP) is 1.04. The molecule has 120 valence electrons. The number of amides is 1. The number of aliphatic carboxylic acids is 1. The Morgan fingerprint density at radius 3 is 1.74 bits per heavy atom. The van der Waals surface area contributed by atoms with E-state index in [0.29, 0.717) is 11.1 Å². The Morgan fingerprint density at radius 2 is 1.30 bits per heavy atom. The van der Waals surface area contributed by atoms with E-state index in [-0.39, 0.29) is 11.5 Å². The molecule has 1 amide bonds. The average Bonchev–Trinajstić information content (AvgIpc) is 2.53. The van der Waals surface area contributed by atoms with Crippen molar-refractivity contribution >= 4 is 11.9 Å². The fraction of sp³-hybridized carbons (Fsp3) is 0.125. The Balaban J connectivity index is 2.16. The standard InChI is InChI=1S/C16H16N2O5/c17-13(9-1-5-11(19)6-2-9)15(21)18-14(16(22)23)10-3-7-12(20)8-4-10/h1-8,13-14,19-20H,17H2,(H,18,21)(H,22,23). The lowest BCUT2D eigenvalue weighted by Crippen LogP contribution is -2.39. The van der Waals surface area contributed by atoms with Gasteiger partial charge in [-0.1, -0.05) is 24.3 Å². The maximum Gasteiger partial charge on any atom is 0.330 e. The summed E-state index contributed by atoms with van der Waals surface area (Å²) < 4.78 is 0. The third kappa shape index (κ3) is 3.98. The third-order valence-electron chi connectivity index (χ3n) is 3.29. The van der Waals surface area contributed by atoms with Gasteiger partial charge in [0.25, 0.3) is 0 Å². The van der Waals surface area contributed by atoms with Gasteiger partial charge in [0.15, 0.2) is 6.04 Å². The summed E-state index contributed by atoms with van der Waals surface area (Å²) in [4.78, 5) is 23.5. The summed E-state index contributed by atoms with van der Waals surface area (Å²) in [5, 5.41) is 30.1. The Hall–Kier alpha value is -3.06.